The lowest BCUT2D eigenvalue weighted by Gasteiger charge is -2.32. The number of hydrogen-bond acceptors (Lipinski definition) is 3. The molecule has 0 radical (unpaired) electrons. The zero-order chi connectivity index (χ0) is 13.8. The Kier molecular flexibility index (Phi) is 2.79. The van der Waals surface area contributed by atoms with Crippen molar-refractivity contribution in [3.63, 3.8) is 0 Å². The van der Waals surface area contributed by atoms with Gasteiger partial charge in [0.25, 0.3) is 0 Å². The standard InChI is InChI=1S/C14H16BFO2S/c1-13(2)14(3,4)18-15(17-13)10-6-5-9-7-8-19-12(9)11(10)16/h5-8H,1-4H3. The van der Waals surface area contributed by atoms with Gasteiger partial charge in [-0.15, -0.1) is 11.3 Å². The molecule has 2 aromatic rings. The molecule has 19 heavy (non-hydrogen) atoms. The summed E-state index contributed by atoms with van der Waals surface area (Å²) in [5.41, 5.74) is -0.420. The van der Waals surface area contributed by atoms with E-state index in [-0.39, 0.29) is 5.82 Å². The third-order valence-electron chi connectivity index (χ3n) is 4.10. The SMILES string of the molecule is CC1(C)OB(c2ccc3ccsc3c2F)OC1(C)C. The number of fused-ring (bicyclic) bond motifs is 1. The van der Waals surface area contributed by atoms with Gasteiger partial charge in [0.05, 0.1) is 15.9 Å². The van der Waals surface area contributed by atoms with Crippen LogP contribution in [0.3, 0.4) is 0 Å². The molecule has 0 saturated carbocycles. The van der Waals surface area contributed by atoms with Crippen LogP contribution in [0.2, 0.25) is 0 Å². The Labute approximate surface area is 116 Å². The van der Waals surface area contributed by atoms with Gasteiger partial charge in [0.1, 0.15) is 5.82 Å². The van der Waals surface area contributed by atoms with Crippen LogP contribution in [0.15, 0.2) is 23.6 Å². The maximum Gasteiger partial charge on any atom is 0.497 e. The van der Waals surface area contributed by atoms with Crippen molar-refractivity contribution in [2.45, 2.75) is 38.9 Å². The minimum absolute atomic E-state index is 0.231. The minimum Gasteiger partial charge on any atom is -0.399 e. The van der Waals surface area contributed by atoms with Crippen molar-refractivity contribution in [1.29, 1.82) is 0 Å². The summed E-state index contributed by atoms with van der Waals surface area (Å²) in [7, 11) is -0.642. The van der Waals surface area contributed by atoms with Crippen LogP contribution >= 0.6 is 11.3 Å². The largest absolute Gasteiger partial charge is 0.497 e. The zero-order valence-corrected chi connectivity index (χ0v) is 12.3. The Morgan fingerprint density at radius 3 is 2.32 bits per heavy atom. The van der Waals surface area contributed by atoms with Crippen LogP contribution in [0.1, 0.15) is 27.7 Å². The molecule has 100 valence electrons. The highest BCUT2D eigenvalue weighted by atomic mass is 32.1. The van der Waals surface area contributed by atoms with Gasteiger partial charge in [-0.05, 0) is 44.5 Å². The average Bonchev–Trinajstić information content (AvgIpc) is 2.83. The number of hydrogen-bond donors (Lipinski definition) is 0. The quantitative estimate of drug-likeness (QED) is 0.745. The molecule has 1 saturated heterocycles. The zero-order valence-electron chi connectivity index (χ0n) is 11.5. The van der Waals surface area contributed by atoms with Crippen LogP contribution in [0, 0.1) is 5.82 Å². The van der Waals surface area contributed by atoms with Gasteiger partial charge in [-0.3, -0.25) is 0 Å². The summed E-state index contributed by atoms with van der Waals surface area (Å²) in [6.45, 7) is 7.87. The Hall–Kier alpha value is -0.905. The van der Waals surface area contributed by atoms with Gasteiger partial charge in [0.15, 0.2) is 0 Å². The Morgan fingerprint density at radius 2 is 1.68 bits per heavy atom. The van der Waals surface area contributed by atoms with Gasteiger partial charge in [-0.1, -0.05) is 12.1 Å². The van der Waals surface area contributed by atoms with Crippen molar-refractivity contribution in [3.8, 4) is 0 Å². The molecule has 0 N–H and O–H groups in total. The van der Waals surface area contributed by atoms with Crippen molar-refractivity contribution in [2.24, 2.45) is 0 Å². The van der Waals surface area contributed by atoms with Gasteiger partial charge < -0.3 is 9.31 Å². The number of rotatable bonds is 1. The van der Waals surface area contributed by atoms with Crippen LogP contribution in [0.4, 0.5) is 4.39 Å². The van der Waals surface area contributed by atoms with Crippen molar-refractivity contribution in [3.05, 3.63) is 29.4 Å². The normalized spacial score (nSPS) is 21.2. The van der Waals surface area contributed by atoms with Crippen molar-refractivity contribution < 1.29 is 13.7 Å². The first-order chi connectivity index (χ1) is 8.82. The van der Waals surface area contributed by atoms with Crippen LogP contribution in [-0.2, 0) is 9.31 Å². The summed E-state index contributed by atoms with van der Waals surface area (Å²) in [6, 6.07) is 5.58. The van der Waals surface area contributed by atoms with Gasteiger partial charge in [-0.25, -0.2) is 4.39 Å². The maximum absolute atomic E-state index is 14.5. The third-order valence-corrected chi connectivity index (χ3v) is 5.02. The topological polar surface area (TPSA) is 18.5 Å². The van der Waals surface area contributed by atoms with E-state index >= 15 is 0 Å². The first-order valence-electron chi connectivity index (χ1n) is 6.33. The molecule has 0 atom stereocenters. The molecule has 1 aromatic carbocycles. The Morgan fingerprint density at radius 1 is 1.05 bits per heavy atom. The molecule has 2 heterocycles. The van der Waals surface area contributed by atoms with Crippen molar-refractivity contribution >= 4 is 34.0 Å². The van der Waals surface area contributed by atoms with Crippen molar-refractivity contribution in [2.75, 3.05) is 0 Å². The second kappa shape index (κ2) is 4.04. The fourth-order valence-corrected chi connectivity index (χ4v) is 3.01. The molecular formula is C14H16BFO2S. The van der Waals surface area contributed by atoms with Crippen LogP contribution < -0.4 is 5.46 Å². The Bertz CT molecular complexity index is 619. The fourth-order valence-electron chi connectivity index (χ4n) is 2.16. The lowest BCUT2D eigenvalue weighted by atomic mass is 9.78. The molecule has 0 spiro atoms. The first-order valence-corrected chi connectivity index (χ1v) is 7.21. The van der Waals surface area contributed by atoms with E-state index in [0.717, 1.165) is 5.39 Å². The summed E-state index contributed by atoms with van der Waals surface area (Å²) < 4.78 is 27.0. The number of benzene rings is 1. The van der Waals surface area contributed by atoms with Crippen molar-refractivity contribution in [1.82, 2.24) is 0 Å². The predicted octanol–water partition coefficient (Wildman–Crippen LogP) is 3.34. The van der Waals surface area contributed by atoms with E-state index in [1.807, 2.05) is 45.2 Å². The molecule has 0 unspecified atom stereocenters. The first kappa shape index (κ1) is 13.1. The van der Waals surface area contributed by atoms with Gasteiger partial charge >= 0.3 is 7.12 Å². The van der Waals surface area contributed by atoms with Gasteiger partial charge in [-0.2, -0.15) is 0 Å². The molecule has 1 aromatic heterocycles. The summed E-state index contributed by atoms with van der Waals surface area (Å²) >= 11 is 1.40. The molecule has 2 nitrogen and oxygen atoms in total. The molecule has 1 aliphatic heterocycles. The molecule has 3 rings (SSSR count). The summed E-state index contributed by atoms with van der Waals surface area (Å²) in [4.78, 5) is 0. The second-order valence-electron chi connectivity index (χ2n) is 5.90. The van der Waals surface area contributed by atoms with E-state index in [0.29, 0.717) is 10.2 Å². The summed E-state index contributed by atoms with van der Waals surface area (Å²) in [5, 5.41) is 2.81. The molecule has 0 bridgehead atoms. The van der Waals surface area contributed by atoms with Crippen LogP contribution in [0.25, 0.3) is 10.1 Å². The van der Waals surface area contributed by atoms with E-state index in [9.17, 15) is 4.39 Å². The van der Waals surface area contributed by atoms with Gasteiger partial charge in [0.2, 0.25) is 0 Å². The van der Waals surface area contributed by atoms with Crippen LogP contribution in [-0.4, -0.2) is 18.3 Å². The second-order valence-corrected chi connectivity index (χ2v) is 6.81. The lowest BCUT2D eigenvalue weighted by Crippen LogP contribution is -2.41. The lowest BCUT2D eigenvalue weighted by molar-refractivity contribution is 0.00578. The highest BCUT2D eigenvalue weighted by Gasteiger charge is 2.52. The maximum atomic E-state index is 14.5. The number of thiophene rings is 1. The molecule has 1 fully saturated rings. The monoisotopic (exact) mass is 278 g/mol. The van der Waals surface area contributed by atoms with E-state index in [1.165, 1.54) is 11.3 Å². The molecule has 5 heteroatoms. The third kappa shape index (κ3) is 1.92. The molecule has 0 aliphatic carbocycles. The van der Waals surface area contributed by atoms with E-state index < -0.39 is 18.3 Å². The van der Waals surface area contributed by atoms with E-state index in [2.05, 4.69) is 0 Å². The Balaban J connectivity index is 2.04. The minimum atomic E-state index is -0.642. The average molecular weight is 278 g/mol. The fraction of sp³-hybridized carbons (Fsp3) is 0.429. The molecular weight excluding hydrogens is 262 g/mol. The summed E-state index contributed by atoms with van der Waals surface area (Å²) in [5.74, 6) is -0.231. The molecule has 1 aliphatic rings. The van der Waals surface area contributed by atoms with Crippen LogP contribution in [0.5, 0.6) is 0 Å². The van der Waals surface area contributed by atoms with Gasteiger partial charge in [0, 0.05) is 5.46 Å². The van der Waals surface area contributed by atoms with E-state index in [1.54, 1.807) is 6.07 Å². The summed E-state index contributed by atoms with van der Waals surface area (Å²) in [6.07, 6.45) is 0. The number of halogens is 1. The van der Waals surface area contributed by atoms with E-state index in [4.69, 9.17) is 9.31 Å². The highest BCUT2D eigenvalue weighted by Crippen LogP contribution is 2.37. The molecule has 0 amide bonds. The highest BCUT2D eigenvalue weighted by molar-refractivity contribution is 7.17. The predicted molar refractivity (Wildman–Crippen MR) is 77.5 cm³/mol. The smallest absolute Gasteiger partial charge is 0.399 e.